The van der Waals surface area contributed by atoms with Crippen LogP contribution in [0.1, 0.15) is 48.9 Å². The summed E-state index contributed by atoms with van der Waals surface area (Å²) >= 11 is 0. The van der Waals surface area contributed by atoms with E-state index in [0.29, 0.717) is 24.6 Å². The lowest BCUT2D eigenvalue weighted by Gasteiger charge is -2.46. The second kappa shape index (κ2) is 5.55. The van der Waals surface area contributed by atoms with Gasteiger partial charge in [-0.2, -0.15) is 0 Å². The van der Waals surface area contributed by atoms with E-state index in [1.165, 1.54) is 12.8 Å². The summed E-state index contributed by atoms with van der Waals surface area (Å²) in [6, 6.07) is 7.60. The minimum absolute atomic E-state index is 0.0186. The van der Waals surface area contributed by atoms with Crippen LogP contribution in [0.2, 0.25) is 0 Å². The van der Waals surface area contributed by atoms with Gasteiger partial charge in [0.1, 0.15) is 5.66 Å². The van der Waals surface area contributed by atoms with E-state index in [2.05, 4.69) is 10.6 Å². The number of nitrogens with zero attached hydrogens (tertiary/aromatic N) is 1. The van der Waals surface area contributed by atoms with Crippen molar-refractivity contribution in [1.82, 2.24) is 10.2 Å². The molecule has 2 heterocycles. The summed E-state index contributed by atoms with van der Waals surface area (Å²) < 4.78 is 0. The molecular formula is C18H23N3O2. The Morgan fingerprint density at radius 2 is 1.78 bits per heavy atom. The summed E-state index contributed by atoms with van der Waals surface area (Å²) in [5, 5.41) is 6.63. The standard InChI is InChI=1S/C18H23N3O2/c22-16-14-7-3-4-8-15(14)19-18(20-16)9-11-21(12-10-18)17(23)13-5-1-2-6-13/h3-4,7-8,13,19H,1-2,5-6,9-12H2,(H,20,22). The van der Waals surface area contributed by atoms with Crippen molar-refractivity contribution in [3.05, 3.63) is 29.8 Å². The molecular weight excluding hydrogens is 290 g/mol. The molecule has 1 spiro atoms. The van der Waals surface area contributed by atoms with Crippen LogP contribution in [0, 0.1) is 5.92 Å². The molecule has 0 aromatic heterocycles. The van der Waals surface area contributed by atoms with Crippen molar-refractivity contribution in [1.29, 1.82) is 0 Å². The van der Waals surface area contributed by atoms with Crippen LogP contribution in [0.5, 0.6) is 0 Å². The number of carbonyl (C=O) groups is 2. The number of fused-ring (bicyclic) bond motifs is 1. The largest absolute Gasteiger partial charge is 0.362 e. The number of hydrogen-bond acceptors (Lipinski definition) is 3. The number of para-hydroxylation sites is 1. The monoisotopic (exact) mass is 313 g/mol. The second-order valence-corrected chi connectivity index (χ2v) is 7.01. The molecule has 1 saturated heterocycles. The topological polar surface area (TPSA) is 61.4 Å². The maximum Gasteiger partial charge on any atom is 0.255 e. The third-order valence-electron chi connectivity index (χ3n) is 5.53. The highest BCUT2D eigenvalue weighted by Crippen LogP contribution is 2.33. The van der Waals surface area contributed by atoms with Gasteiger partial charge < -0.3 is 15.5 Å². The van der Waals surface area contributed by atoms with Crippen LogP contribution < -0.4 is 10.6 Å². The second-order valence-electron chi connectivity index (χ2n) is 7.01. The number of rotatable bonds is 1. The third kappa shape index (κ3) is 2.58. The average molecular weight is 313 g/mol. The first kappa shape index (κ1) is 14.5. The van der Waals surface area contributed by atoms with Gasteiger partial charge >= 0.3 is 0 Å². The minimum Gasteiger partial charge on any atom is -0.362 e. The normalized spacial score (nSPS) is 23.3. The first-order valence-corrected chi connectivity index (χ1v) is 8.65. The van der Waals surface area contributed by atoms with Crippen LogP contribution in [0.15, 0.2) is 24.3 Å². The van der Waals surface area contributed by atoms with E-state index in [4.69, 9.17) is 0 Å². The van der Waals surface area contributed by atoms with E-state index in [-0.39, 0.29) is 11.8 Å². The molecule has 23 heavy (non-hydrogen) atoms. The van der Waals surface area contributed by atoms with Crippen molar-refractivity contribution >= 4 is 17.5 Å². The first-order chi connectivity index (χ1) is 11.2. The van der Waals surface area contributed by atoms with Crippen LogP contribution in [0.4, 0.5) is 5.69 Å². The Labute approximate surface area is 136 Å². The van der Waals surface area contributed by atoms with Gasteiger partial charge in [-0.1, -0.05) is 25.0 Å². The molecule has 0 bridgehead atoms. The van der Waals surface area contributed by atoms with Gasteiger partial charge in [0.15, 0.2) is 0 Å². The Kier molecular flexibility index (Phi) is 3.51. The number of piperidine rings is 1. The van der Waals surface area contributed by atoms with Crippen molar-refractivity contribution in [3.8, 4) is 0 Å². The molecule has 0 unspecified atom stereocenters. The summed E-state index contributed by atoms with van der Waals surface area (Å²) in [6.07, 6.45) is 5.97. The lowest BCUT2D eigenvalue weighted by molar-refractivity contribution is -0.136. The maximum absolute atomic E-state index is 12.6. The Morgan fingerprint density at radius 1 is 1.09 bits per heavy atom. The number of anilines is 1. The lowest BCUT2D eigenvalue weighted by atomic mass is 9.91. The van der Waals surface area contributed by atoms with E-state index < -0.39 is 5.66 Å². The van der Waals surface area contributed by atoms with E-state index in [0.717, 1.165) is 31.4 Å². The number of nitrogens with one attached hydrogen (secondary N) is 2. The fourth-order valence-corrected chi connectivity index (χ4v) is 4.15. The Balaban J connectivity index is 1.45. The molecule has 0 atom stereocenters. The van der Waals surface area contributed by atoms with E-state index in [1.54, 1.807) is 0 Å². The molecule has 122 valence electrons. The summed E-state index contributed by atoms with van der Waals surface area (Å²) in [5.41, 5.74) is 1.19. The van der Waals surface area contributed by atoms with Gasteiger partial charge in [-0.25, -0.2) is 0 Å². The zero-order chi connectivity index (χ0) is 15.9. The highest BCUT2D eigenvalue weighted by Gasteiger charge is 2.41. The van der Waals surface area contributed by atoms with E-state index in [1.807, 2.05) is 29.2 Å². The first-order valence-electron chi connectivity index (χ1n) is 8.65. The minimum atomic E-state index is -0.405. The Bertz CT molecular complexity index is 629. The fraction of sp³-hybridized carbons (Fsp3) is 0.556. The summed E-state index contributed by atoms with van der Waals surface area (Å²) in [4.78, 5) is 26.9. The molecule has 0 radical (unpaired) electrons. The van der Waals surface area contributed by atoms with Gasteiger partial charge in [-0.15, -0.1) is 0 Å². The van der Waals surface area contributed by atoms with Crippen LogP contribution in [-0.2, 0) is 4.79 Å². The van der Waals surface area contributed by atoms with Crippen LogP contribution in [0.25, 0.3) is 0 Å². The molecule has 2 amide bonds. The van der Waals surface area contributed by atoms with E-state index >= 15 is 0 Å². The molecule has 1 saturated carbocycles. The average Bonchev–Trinajstić information content (AvgIpc) is 3.09. The van der Waals surface area contributed by atoms with E-state index in [9.17, 15) is 9.59 Å². The Morgan fingerprint density at radius 3 is 2.52 bits per heavy atom. The van der Waals surface area contributed by atoms with Crippen LogP contribution in [-0.4, -0.2) is 35.5 Å². The number of amides is 2. The number of hydrogen-bond donors (Lipinski definition) is 2. The molecule has 4 rings (SSSR count). The molecule has 3 aliphatic rings. The summed E-state index contributed by atoms with van der Waals surface area (Å²) in [5.74, 6) is 0.536. The number of benzene rings is 1. The van der Waals surface area contributed by atoms with Gasteiger partial charge in [-0.05, 0) is 25.0 Å². The Hall–Kier alpha value is -2.04. The lowest BCUT2D eigenvalue weighted by Crippen LogP contribution is -2.63. The summed E-state index contributed by atoms with van der Waals surface area (Å²) in [7, 11) is 0. The van der Waals surface area contributed by atoms with Gasteiger partial charge in [0, 0.05) is 37.5 Å². The molecule has 1 aromatic carbocycles. The van der Waals surface area contributed by atoms with Crippen molar-refractivity contribution in [2.75, 3.05) is 18.4 Å². The third-order valence-corrected chi connectivity index (χ3v) is 5.53. The van der Waals surface area contributed by atoms with Crippen LogP contribution >= 0.6 is 0 Å². The molecule has 1 aliphatic carbocycles. The molecule has 5 heteroatoms. The van der Waals surface area contributed by atoms with Gasteiger partial charge in [0.2, 0.25) is 5.91 Å². The molecule has 5 nitrogen and oxygen atoms in total. The van der Waals surface area contributed by atoms with Crippen molar-refractivity contribution in [3.63, 3.8) is 0 Å². The predicted octanol–water partition coefficient (Wildman–Crippen LogP) is 2.35. The molecule has 2 aliphatic heterocycles. The molecule has 2 fully saturated rings. The van der Waals surface area contributed by atoms with Gasteiger partial charge in [0.05, 0.1) is 5.56 Å². The highest BCUT2D eigenvalue weighted by atomic mass is 16.2. The SMILES string of the molecule is O=C1NC2(CCN(C(=O)C3CCCC3)CC2)Nc2ccccc21. The van der Waals surface area contributed by atoms with Gasteiger partial charge in [-0.3, -0.25) is 9.59 Å². The molecule has 1 aromatic rings. The van der Waals surface area contributed by atoms with Gasteiger partial charge in [0.25, 0.3) is 5.91 Å². The smallest absolute Gasteiger partial charge is 0.255 e. The molecule has 2 N–H and O–H groups in total. The fourth-order valence-electron chi connectivity index (χ4n) is 4.15. The highest BCUT2D eigenvalue weighted by molar-refractivity contribution is 6.02. The predicted molar refractivity (Wildman–Crippen MR) is 88.0 cm³/mol. The van der Waals surface area contributed by atoms with Crippen LogP contribution in [0.3, 0.4) is 0 Å². The maximum atomic E-state index is 12.6. The number of carbonyl (C=O) groups excluding carboxylic acids is 2. The van der Waals surface area contributed by atoms with Crippen molar-refractivity contribution in [2.45, 2.75) is 44.2 Å². The zero-order valence-electron chi connectivity index (χ0n) is 13.3. The summed E-state index contributed by atoms with van der Waals surface area (Å²) in [6.45, 7) is 1.43. The quantitative estimate of drug-likeness (QED) is 0.836. The van der Waals surface area contributed by atoms with Crippen molar-refractivity contribution < 1.29 is 9.59 Å². The van der Waals surface area contributed by atoms with Crippen molar-refractivity contribution in [2.24, 2.45) is 5.92 Å². The zero-order valence-corrected chi connectivity index (χ0v) is 13.3. The number of likely N-dealkylation sites (tertiary alicyclic amines) is 1.